The summed E-state index contributed by atoms with van der Waals surface area (Å²) in [6, 6.07) is 12.3. The van der Waals surface area contributed by atoms with Crippen molar-refractivity contribution in [3.8, 4) is 11.5 Å². The molecule has 0 saturated carbocycles. The molecule has 0 saturated heterocycles. The Labute approximate surface area is 170 Å². The molecule has 0 aliphatic carbocycles. The molecule has 0 spiro atoms. The number of carbonyl (C=O) groups is 2. The zero-order valence-electron chi connectivity index (χ0n) is 16.3. The second-order valence-electron chi connectivity index (χ2n) is 6.09. The molecule has 0 unspecified atom stereocenters. The van der Waals surface area contributed by atoms with Gasteiger partial charge in [-0.1, -0.05) is 23.7 Å². The summed E-state index contributed by atoms with van der Waals surface area (Å²) in [5, 5.41) is 3.26. The van der Waals surface area contributed by atoms with E-state index >= 15 is 0 Å². The molecule has 7 heteroatoms. The van der Waals surface area contributed by atoms with Crippen LogP contribution in [0.2, 0.25) is 5.02 Å². The van der Waals surface area contributed by atoms with Gasteiger partial charge in [-0.2, -0.15) is 0 Å². The molecule has 2 aromatic rings. The average molecular weight is 405 g/mol. The molecule has 2 aromatic carbocycles. The van der Waals surface area contributed by atoms with E-state index in [0.717, 1.165) is 5.56 Å². The number of benzene rings is 2. The van der Waals surface area contributed by atoms with Gasteiger partial charge in [0.05, 0.1) is 19.8 Å². The van der Waals surface area contributed by atoms with Gasteiger partial charge < -0.3 is 19.7 Å². The Hall–Kier alpha value is -2.73. The number of ether oxygens (including phenoxy) is 2. The number of amides is 2. The predicted molar refractivity (Wildman–Crippen MR) is 109 cm³/mol. The molecule has 6 nitrogen and oxygen atoms in total. The lowest BCUT2D eigenvalue weighted by Gasteiger charge is -2.18. The second-order valence-corrected chi connectivity index (χ2v) is 6.53. The first-order valence-corrected chi connectivity index (χ1v) is 9.48. The highest BCUT2D eigenvalue weighted by Gasteiger charge is 2.14. The molecule has 2 amide bonds. The van der Waals surface area contributed by atoms with Crippen molar-refractivity contribution < 1.29 is 19.1 Å². The molecule has 0 aromatic heterocycles. The quantitative estimate of drug-likeness (QED) is 0.694. The van der Waals surface area contributed by atoms with Gasteiger partial charge in [-0.05, 0) is 49.7 Å². The molecule has 0 aliphatic rings. The second kappa shape index (κ2) is 10.6. The predicted octanol–water partition coefficient (Wildman–Crippen LogP) is 3.53. The molecule has 0 radical (unpaired) electrons. The lowest BCUT2D eigenvalue weighted by atomic mass is 10.2. The van der Waals surface area contributed by atoms with E-state index in [1.807, 2.05) is 26.0 Å². The van der Waals surface area contributed by atoms with Crippen LogP contribution in [0.15, 0.2) is 42.5 Å². The number of hydrogen-bond acceptors (Lipinski definition) is 4. The summed E-state index contributed by atoms with van der Waals surface area (Å²) in [7, 11) is 1.68. The van der Waals surface area contributed by atoms with Crippen molar-refractivity contribution in [1.29, 1.82) is 0 Å². The van der Waals surface area contributed by atoms with E-state index in [1.165, 1.54) is 4.90 Å². The van der Waals surface area contributed by atoms with Crippen LogP contribution < -0.4 is 14.8 Å². The van der Waals surface area contributed by atoms with Gasteiger partial charge >= 0.3 is 0 Å². The summed E-state index contributed by atoms with van der Waals surface area (Å²) >= 11 is 5.96. The van der Waals surface area contributed by atoms with E-state index < -0.39 is 0 Å². The molecule has 28 heavy (non-hydrogen) atoms. The molecule has 1 N–H and O–H groups in total. The Kier molecular flexibility index (Phi) is 8.14. The van der Waals surface area contributed by atoms with Crippen LogP contribution >= 0.6 is 11.6 Å². The van der Waals surface area contributed by atoms with Crippen molar-refractivity contribution in [1.82, 2.24) is 10.2 Å². The van der Waals surface area contributed by atoms with Crippen LogP contribution in [0.25, 0.3) is 0 Å². The maximum atomic E-state index is 12.4. The number of nitrogens with one attached hydrogen (secondary N) is 1. The van der Waals surface area contributed by atoms with E-state index in [0.29, 0.717) is 41.8 Å². The number of halogens is 1. The number of nitrogens with zero attached hydrogens (tertiary/aromatic N) is 1. The van der Waals surface area contributed by atoms with Crippen molar-refractivity contribution in [2.45, 2.75) is 20.4 Å². The lowest BCUT2D eigenvalue weighted by Crippen LogP contribution is -2.37. The minimum atomic E-state index is -0.353. The third-order valence-electron chi connectivity index (χ3n) is 3.94. The lowest BCUT2D eigenvalue weighted by molar-refractivity contribution is -0.129. The van der Waals surface area contributed by atoms with Crippen molar-refractivity contribution in [3.05, 3.63) is 58.6 Å². The first-order valence-electron chi connectivity index (χ1n) is 9.10. The molecule has 0 atom stereocenters. The first-order chi connectivity index (χ1) is 13.4. The Bertz CT molecular complexity index is 826. The van der Waals surface area contributed by atoms with Crippen LogP contribution in [0.1, 0.15) is 29.8 Å². The number of carbonyl (C=O) groups excluding carboxylic acids is 2. The Morgan fingerprint density at radius 1 is 1.04 bits per heavy atom. The molecule has 150 valence electrons. The highest BCUT2D eigenvalue weighted by atomic mass is 35.5. The van der Waals surface area contributed by atoms with E-state index in [-0.39, 0.29) is 18.4 Å². The van der Waals surface area contributed by atoms with E-state index in [4.69, 9.17) is 21.1 Å². The van der Waals surface area contributed by atoms with Gasteiger partial charge in [-0.25, -0.2) is 0 Å². The zero-order valence-corrected chi connectivity index (χ0v) is 17.1. The third-order valence-corrected chi connectivity index (χ3v) is 4.18. The molecule has 0 bridgehead atoms. The zero-order chi connectivity index (χ0) is 20.5. The maximum Gasteiger partial charge on any atom is 0.251 e. The molecule has 0 aliphatic heterocycles. The number of rotatable bonds is 9. The molecule has 2 rings (SSSR count). The van der Waals surface area contributed by atoms with Gasteiger partial charge in [0.15, 0.2) is 11.5 Å². The van der Waals surface area contributed by atoms with Gasteiger partial charge in [0, 0.05) is 24.2 Å². The van der Waals surface area contributed by atoms with Gasteiger partial charge in [0.25, 0.3) is 5.91 Å². The Morgan fingerprint density at radius 2 is 1.75 bits per heavy atom. The van der Waals surface area contributed by atoms with E-state index in [1.54, 1.807) is 37.4 Å². The topological polar surface area (TPSA) is 67.9 Å². The van der Waals surface area contributed by atoms with Gasteiger partial charge in [0.1, 0.15) is 0 Å². The summed E-state index contributed by atoms with van der Waals surface area (Å²) in [5.41, 5.74) is 1.32. The smallest absolute Gasteiger partial charge is 0.251 e. The van der Waals surface area contributed by atoms with Crippen molar-refractivity contribution in [2.75, 3.05) is 26.8 Å². The van der Waals surface area contributed by atoms with Crippen LogP contribution in [0.4, 0.5) is 0 Å². The van der Waals surface area contributed by atoms with Gasteiger partial charge in [-0.15, -0.1) is 0 Å². The fraction of sp³-hybridized carbons (Fsp3) is 0.333. The molecule has 0 heterocycles. The van der Waals surface area contributed by atoms with E-state index in [2.05, 4.69) is 5.32 Å². The maximum absolute atomic E-state index is 12.4. The monoisotopic (exact) mass is 404 g/mol. The Balaban J connectivity index is 1.95. The van der Waals surface area contributed by atoms with Crippen LogP contribution in [0, 0.1) is 0 Å². The highest BCUT2D eigenvalue weighted by Crippen LogP contribution is 2.28. The van der Waals surface area contributed by atoms with Crippen LogP contribution in [-0.2, 0) is 11.3 Å². The minimum Gasteiger partial charge on any atom is -0.490 e. The van der Waals surface area contributed by atoms with Crippen molar-refractivity contribution in [2.24, 2.45) is 0 Å². The summed E-state index contributed by atoms with van der Waals surface area (Å²) in [5.74, 6) is 0.525. The fourth-order valence-corrected chi connectivity index (χ4v) is 2.80. The summed E-state index contributed by atoms with van der Waals surface area (Å²) in [6.45, 7) is 5.00. The van der Waals surface area contributed by atoms with Crippen LogP contribution in [-0.4, -0.2) is 43.5 Å². The molecular weight excluding hydrogens is 380 g/mol. The van der Waals surface area contributed by atoms with Crippen LogP contribution in [0.5, 0.6) is 11.5 Å². The standard InChI is InChI=1S/C21H25ClN2O4/c1-4-27-18-10-9-16(12-19(18)28-5-2)21(26)23-13-20(25)24(3)14-15-7-6-8-17(22)11-15/h6-12H,4-5,13-14H2,1-3H3,(H,23,26). The van der Waals surface area contributed by atoms with Crippen molar-refractivity contribution >= 4 is 23.4 Å². The van der Waals surface area contributed by atoms with Crippen LogP contribution in [0.3, 0.4) is 0 Å². The summed E-state index contributed by atoms with van der Waals surface area (Å²) in [6.07, 6.45) is 0. The number of likely N-dealkylation sites (N-methyl/N-ethyl adjacent to an activating group) is 1. The largest absolute Gasteiger partial charge is 0.490 e. The fourth-order valence-electron chi connectivity index (χ4n) is 2.58. The minimum absolute atomic E-state index is 0.104. The van der Waals surface area contributed by atoms with Crippen molar-refractivity contribution in [3.63, 3.8) is 0 Å². The first kappa shape index (κ1) is 21.6. The van der Waals surface area contributed by atoms with E-state index in [9.17, 15) is 9.59 Å². The molecular formula is C21H25ClN2O4. The Morgan fingerprint density at radius 3 is 2.43 bits per heavy atom. The number of hydrogen-bond donors (Lipinski definition) is 1. The van der Waals surface area contributed by atoms with Gasteiger partial charge in [-0.3, -0.25) is 9.59 Å². The SMILES string of the molecule is CCOc1ccc(C(=O)NCC(=O)N(C)Cc2cccc(Cl)c2)cc1OCC. The molecule has 0 fully saturated rings. The van der Waals surface area contributed by atoms with Gasteiger partial charge in [0.2, 0.25) is 5.91 Å². The average Bonchev–Trinajstić information content (AvgIpc) is 2.67. The third kappa shape index (κ3) is 6.16. The summed E-state index contributed by atoms with van der Waals surface area (Å²) in [4.78, 5) is 26.3. The highest BCUT2D eigenvalue weighted by molar-refractivity contribution is 6.30. The summed E-state index contributed by atoms with van der Waals surface area (Å²) < 4.78 is 11.0. The normalized spacial score (nSPS) is 10.3.